The van der Waals surface area contributed by atoms with Crippen molar-refractivity contribution in [2.24, 2.45) is 5.92 Å². The zero-order valence-corrected chi connectivity index (χ0v) is 15.0. The molecule has 2 fully saturated rings. The molecule has 0 spiro atoms. The second-order valence-corrected chi connectivity index (χ2v) is 7.55. The Labute approximate surface area is 153 Å². The quantitative estimate of drug-likeness (QED) is 0.599. The first-order chi connectivity index (χ1) is 12.1. The molecule has 2 aliphatic heterocycles. The maximum Gasteiger partial charge on any atom is 0.316 e. The maximum atomic E-state index is 13.1. The van der Waals surface area contributed by atoms with Crippen molar-refractivity contribution in [1.29, 1.82) is 0 Å². The van der Waals surface area contributed by atoms with Gasteiger partial charge in [-0.15, -0.1) is 0 Å². The van der Waals surface area contributed by atoms with E-state index in [4.69, 9.17) is 16.3 Å². The van der Waals surface area contributed by atoms with E-state index in [1.807, 2.05) is 42.5 Å². The third-order valence-corrected chi connectivity index (χ3v) is 6.05. The number of esters is 1. The lowest BCUT2D eigenvalue weighted by Gasteiger charge is -2.41. The van der Waals surface area contributed by atoms with E-state index in [9.17, 15) is 4.79 Å². The summed E-state index contributed by atoms with van der Waals surface area (Å²) in [4.78, 5) is 15.5. The van der Waals surface area contributed by atoms with Crippen molar-refractivity contribution in [1.82, 2.24) is 4.90 Å². The Morgan fingerprint density at radius 3 is 2.52 bits per heavy atom. The lowest BCUT2D eigenvalue weighted by Crippen LogP contribution is -2.49. The van der Waals surface area contributed by atoms with E-state index >= 15 is 0 Å². The molecule has 0 saturated carbocycles. The highest BCUT2D eigenvalue weighted by atomic mass is 35.5. The Hall–Kier alpha value is -1.84. The van der Waals surface area contributed by atoms with E-state index < -0.39 is 0 Å². The van der Waals surface area contributed by atoms with Gasteiger partial charge in [-0.3, -0.25) is 9.69 Å². The predicted molar refractivity (Wildman–Crippen MR) is 99.0 cm³/mol. The summed E-state index contributed by atoms with van der Waals surface area (Å²) in [6.07, 6.45) is 3.20. The minimum absolute atomic E-state index is 0.122. The molecule has 2 bridgehead atoms. The van der Waals surface area contributed by atoms with E-state index in [0.29, 0.717) is 11.8 Å². The minimum atomic E-state index is -0.148. The molecular formula is C21H22ClNO2. The zero-order valence-electron chi connectivity index (χ0n) is 14.3. The van der Waals surface area contributed by atoms with Gasteiger partial charge in [0.05, 0.1) is 5.92 Å². The van der Waals surface area contributed by atoms with Crippen molar-refractivity contribution >= 4 is 17.6 Å². The highest BCUT2D eigenvalue weighted by Crippen LogP contribution is 2.46. The van der Waals surface area contributed by atoms with E-state index in [1.165, 1.54) is 5.56 Å². The first kappa shape index (κ1) is 16.6. The molecule has 0 N–H and O–H groups in total. The van der Waals surface area contributed by atoms with Crippen LogP contribution in [-0.2, 0) is 4.79 Å². The summed E-state index contributed by atoms with van der Waals surface area (Å²) in [5.41, 5.74) is 1.18. The van der Waals surface area contributed by atoms with Gasteiger partial charge in [-0.1, -0.05) is 41.9 Å². The highest BCUT2D eigenvalue weighted by molar-refractivity contribution is 6.30. The summed E-state index contributed by atoms with van der Waals surface area (Å²) >= 11 is 6.05. The number of carbonyl (C=O) groups excluding carboxylic acids is 1. The number of benzene rings is 2. The van der Waals surface area contributed by atoms with Crippen LogP contribution in [0.25, 0.3) is 0 Å². The molecule has 0 amide bonds. The second-order valence-electron chi connectivity index (χ2n) is 7.12. The normalized spacial score (nSPS) is 28.7. The van der Waals surface area contributed by atoms with E-state index in [-0.39, 0.29) is 23.8 Å². The fourth-order valence-electron chi connectivity index (χ4n) is 4.51. The Balaban J connectivity index is 1.64. The molecule has 4 heteroatoms. The molecule has 2 aromatic carbocycles. The van der Waals surface area contributed by atoms with Gasteiger partial charge in [0, 0.05) is 23.0 Å². The first-order valence-electron chi connectivity index (χ1n) is 8.87. The molecule has 0 radical (unpaired) electrons. The number of para-hydroxylation sites is 1. The largest absolute Gasteiger partial charge is 0.426 e. The average Bonchev–Trinajstić information content (AvgIpc) is 2.86. The predicted octanol–water partition coefficient (Wildman–Crippen LogP) is 4.51. The van der Waals surface area contributed by atoms with Crippen LogP contribution in [0.1, 0.15) is 30.7 Å². The number of hydrogen-bond donors (Lipinski definition) is 0. The molecular weight excluding hydrogens is 334 g/mol. The number of fused-ring (bicyclic) bond motifs is 2. The average molecular weight is 356 g/mol. The van der Waals surface area contributed by atoms with Gasteiger partial charge in [-0.25, -0.2) is 0 Å². The topological polar surface area (TPSA) is 29.5 Å². The lowest BCUT2D eigenvalue weighted by atomic mass is 9.76. The highest BCUT2D eigenvalue weighted by Gasteiger charge is 2.49. The summed E-state index contributed by atoms with van der Waals surface area (Å²) in [6, 6.07) is 18.1. The molecule has 3 nitrogen and oxygen atoms in total. The molecule has 2 aliphatic rings. The van der Waals surface area contributed by atoms with Gasteiger partial charge in [0.25, 0.3) is 0 Å². The number of carbonyl (C=O) groups is 1. The first-order valence-corrected chi connectivity index (χ1v) is 9.25. The molecule has 130 valence electrons. The number of hydrogen-bond acceptors (Lipinski definition) is 3. The fraction of sp³-hybridized carbons (Fsp3) is 0.381. The van der Waals surface area contributed by atoms with Crippen molar-refractivity contribution in [3.05, 3.63) is 65.2 Å². The van der Waals surface area contributed by atoms with Gasteiger partial charge < -0.3 is 4.74 Å². The molecule has 2 aromatic rings. The van der Waals surface area contributed by atoms with E-state index in [0.717, 1.165) is 24.3 Å². The van der Waals surface area contributed by atoms with Gasteiger partial charge in [0.2, 0.25) is 0 Å². The Bertz CT molecular complexity index is 746. The summed E-state index contributed by atoms with van der Waals surface area (Å²) in [5, 5.41) is 0.725. The van der Waals surface area contributed by atoms with Crippen LogP contribution in [0.5, 0.6) is 5.75 Å². The Morgan fingerprint density at radius 2 is 1.80 bits per heavy atom. The SMILES string of the molecule is CN1[C@H]2CC[C@@H]1[C@@H](C(=O)Oc1ccccc1)[C@@H](c1ccc(Cl)cc1)C2. The van der Waals surface area contributed by atoms with Crippen molar-refractivity contribution in [3.63, 3.8) is 0 Å². The molecule has 2 heterocycles. The number of piperidine rings is 1. The fourth-order valence-corrected chi connectivity index (χ4v) is 4.64. The number of ether oxygens (including phenoxy) is 1. The molecule has 0 aromatic heterocycles. The van der Waals surface area contributed by atoms with Crippen LogP contribution in [-0.4, -0.2) is 30.0 Å². The van der Waals surface area contributed by atoms with Gasteiger partial charge >= 0.3 is 5.97 Å². The zero-order chi connectivity index (χ0) is 17.4. The van der Waals surface area contributed by atoms with Crippen LogP contribution in [0.4, 0.5) is 0 Å². The number of rotatable bonds is 3. The molecule has 4 atom stereocenters. The Morgan fingerprint density at radius 1 is 1.08 bits per heavy atom. The third-order valence-electron chi connectivity index (χ3n) is 5.80. The summed E-state index contributed by atoms with van der Waals surface area (Å²) in [5.74, 6) is 0.529. The number of nitrogens with zero attached hydrogens (tertiary/aromatic N) is 1. The monoisotopic (exact) mass is 355 g/mol. The smallest absolute Gasteiger partial charge is 0.316 e. The Kier molecular flexibility index (Phi) is 4.53. The van der Waals surface area contributed by atoms with Crippen LogP contribution in [0.15, 0.2) is 54.6 Å². The molecule has 0 unspecified atom stereocenters. The summed E-state index contributed by atoms with van der Waals surface area (Å²) in [7, 11) is 2.14. The van der Waals surface area contributed by atoms with Crippen LogP contribution < -0.4 is 4.74 Å². The van der Waals surface area contributed by atoms with Crippen LogP contribution >= 0.6 is 11.6 Å². The van der Waals surface area contributed by atoms with Crippen molar-refractivity contribution in [2.45, 2.75) is 37.3 Å². The minimum Gasteiger partial charge on any atom is -0.426 e. The molecule has 25 heavy (non-hydrogen) atoms. The van der Waals surface area contributed by atoms with E-state index in [2.05, 4.69) is 24.1 Å². The maximum absolute atomic E-state index is 13.1. The van der Waals surface area contributed by atoms with Crippen molar-refractivity contribution in [3.8, 4) is 5.75 Å². The van der Waals surface area contributed by atoms with Gasteiger partial charge in [0.15, 0.2) is 0 Å². The van der Waals surface area contributed by atoms with Crippen LogP contribution in [0.3, 0.4) is 0 Å². The molecule has 2 saturated heterocycles. The van der Waals surface area contributed by atoms with Crippen molar-refractivity contribution < 1.29 is 9.53 Å². The van der Waals surface area contributed by atoms with Crippen LogP contribution in [0.2, 0.25) is 5.02 Å². The second kappa shape index (κ2) is 6.81. The third kappa shape index (κ3) is 3.19. The number of halogens is 1. The van der Waals surface area contributed by atoms with Gasteiger partial charge in [-0.05, 0) is 56.1 Å². The summed E-state index contributed by atoms with van der Waals surface area (Å²) in [6.45, 7) is 0. The molecule has 0 aliphatic carbocycles. The van der Waals surface area contributed by atoms with E-state index in [1.54, 1.807) is 0 Å². The van der Waals surface area contributed by atoms with Crippen molar-refractivity contribution in [2.75, 3.05) is 7.05 Å². The molecule has 4 rings (SSSR count). The lowest BCUT2D eigenvalue weighted by molar-refractivity contribution is -0.143. The van der Waals surface area contributed by atoms with Gasteiger partial charge in [-0.2, -0.15) is 0 Å². The standard InChI is InChI=1S/C21H22ClNO2/c1-23-16-11-12-19(23)20(21(24)25-17-5-3-2-4-6-17)18(13-16)14-7-9-15(22)10-8-14/h2-10,16,18-20H,11-13H2,1H3/t16-,18+,19+,20-/m0/s1. The van der Waals surface area contributed by atoms with Crippen LogP contribution in [0, 0.1) is 5.92 Å². The summed E-state index contributed by atoms with van der Waals surface area (Å²) < 4.78 is 5.74. The van der Waals surface area contributed by atoms with Gasteiger partial charge in [0.1, 0.15) is 5.75 Å².